The summed E-state index contributed by atoms with van der Waals surface area (Å²) in [5.74, 6) is -1.73. The molecule has 1 rings (SSSR count). The number of hydrogen-bond donors (Lipinski definition) is 1. The number of hydrogen-bond acceptors (Lipinski definition) is 8. The normalized spacial score (nSPS) is 10.6. The molecule has 0 radical (unpaired) electrons. The first kappa shape index (κ1) is 20.0. The maximum atomic E-state index is 11.8. The van der Waals surface area contributed by atoms with Crippen LogP contribution in [0.15, 0.2) is 30.2 Å². The van der Waals surface area contributed by atoms with Crippen molar-refractivity contribution in [1.29, 1.82) is 0 Å². The van der Waals surface area contributed by atoms with Crippen LogP contribution in [0.2, 0.25) is 0 Å². The molecule has 0 aliphatic carbocycles. The molecule has 1 aromatic rings. The van der Waals surface area contributed by atoms with Gasteiger partial charge in [0.1, 0.15) is 0 Å². The summed E-state index contributed by atoms with van der Waals surface area (Å²) in [6.07, 6.45) is 1.13. The van der Waals surface area contributed by atoms with Crippen LogP contribution in [0, 0.1) is 0 Å². The summed E-state index contributed by atoms with van der Waals surface area (Å²) < 4.78 is 19.5. The highest BCUT2D eigenvalue weighted by Crippen LogP contribution is 2.19. The number of carbonyl (C=O) groups is 3. The summed E-state index contributed by atoms with van der Waals surface area (Å²) in [5, 5.41) is 2.83. The Bertz CT molecular complexity index is 633. The van der Waals surface area contributed by atoms with Gasteiger partial charge in [0.2, 0.25) is 0 Å². The van der Waals surface area contributed by atoms with Gasteiger partial charge in [0, 0.05) is 5.69 Å². The minimum absolute atomic E-state index is 0.110. The van der Waals surface area contributed by atoms with Crippen molar-refractivity contribution in [2.75, 3.05) is 32.8 Å². The maximum Gasteiger partial charge on any atom is 0.337 e. The number of methoxy groups -OCH3 is 2. The van der Waals surface area contributed by atoms with Gasteiger partial charge >= 0.3 is 17.9 Å². The standard InChI is InChI=1S/C17H21NO7/c1-5-24-14(10-15(19)25-6-2)18-13-8-11(16(20)22-3)7-12(9-13)17(21)23-4/h7-10,18H,5-6H2,1-4H3. The smallest absolute Gasteiger partial charge is 0.337 e. The highest BCUT2D eigenvalue weighted by Gasteiger charge is 2.15. The average Bonchev–Trinajstić information content (AvgIpc) is 2.60. The molecule has 0 heterocycles. The second kappa shape index (κ2) is 9.96. The number of nitrogens with one attached hydrogen (secondary N) is 1. The average molecular weight is 351 g/mol. The van der Waals surface area contributed by atoms with Crippen molar-refractivity contribution < 1.29 is 33.3 Å². The van der Waals surface area contributed by atoms with Gasteiger partial charge in [-0.05, 0) is 32.0 Å². The van der Waals surface area contributed by atoms with Crippen molar-refractivity contribution in [2.45, 2.75) is 13.8 Å². The molecule has 0 fully saturated rings. The van der Waals surface area contributed by atoms with E-state index >= 15 is 0 Å². The van der Waals surface area contributed by atoms with E-state index in [1.54, 1.807) is 13.8 Å². The van der Waals surface area contributed by atoms with Gasteiger partial charge in [-0.25, -0.2) is 14.4 Å². The van der Waals surface area contributed by atoms with Crippen molar-refractivity contribution in [1.82, 2.24) is 0 Å². The number of benzene rings is 1. The molecule has 8 heteroatoms. The van der Waals surface area contributed by atoms with Crippen LogP contribution in [0.25, 0.3) is 0 Å². The Labute approximate surface area is 145 Å². The lowest BCUT2D eigenvalue weighted by atomic mass is 10.1. The number of ether oxygens (including phenoxy) is 4. The van der Waals surface area contributed by atoms with Crippen LogP contribution in [0.5, 0.6) is 0 Å². The monoisotopic (exact) mass is 351 g/mol. The molecular weight excluding hydrogens is 330 g/mol. The predicted molar refractivity (Wildman–Crippen MR) is 89.1 cm³/mol. The van der Waals surface area contributed by atoms with E-state index in [1.807, 2.05) is 0 Å². The number of esters is 3. The van der Waals surface area contributed by atoms with Gasteiger partial charge in [-0.3, -0.25) is 0 Å². The molecular formula is C17H21NO7. The lowest BCUT2D eigenvalue weighted by Gasteiger charge is -2.13. The molecule has 0 unspecified atom stereocenters. The fourth-order valence-corrected chi connectivity index (χ4v) is 1.87. The Hall–Kier alpha value is -3.03. The molecule has 0 aromatic heterocycles. The second-order valence-electron chi connectivity index (χ2n) is 4.60. The minimum Gasteiger partial charge on any atom is -0.479 e. The van der Waals surface area contributed by atoms with Gasteiger partial charge in [0.25, 0.3) is 0 Å². The third-order valence-corrected chi connectivity index (χ3v) is 2.88. The fourth-order valence-electron chi connectivity index (χ4n) is 1.87. The van der Waals surface area contributed by atoms with E-state index in [-0.39, 0.29) is 23.6 Å². The van der Waals surface area contributed by atoms with Crippen molar-refractivity contribution >= 4 is 23.6 Å². The first-order chi connectivity index (χ1) is 11.9. The molecule has 0 atom stereocenters. The quantitative estimate of drug-likeness (QED) is 0.329. The van der Waals surface area contributed by atoms with Crippen LogP contribution in [0.1, 0.15) is 34.6 Å². The van der Waals surface area contributed by atoms with Crippen LogP contribution in [-0.2, 0) is 23.7 Å². The van der Waals surface area contributed by atoms with E-state index in [0.717, 1.165) is 6.08 Å². The summed E-state index contributed by atoms with van der Waals surface area (Å²) in [5.41, 5.74) is 0.618. The summed E-state index contributed by atoms with van der Waals surface area (Å²) in [6, 6.07) is 4.25. The molecule has 0 saturated carbocycles. The number of carbonyl (C=O) groups excluding carboxylic acids is 3. The first-order valence-electron chi connectivity index (χ1n) is 7.55. The van der Waals surface area contributed by atoms with Crippen LogP contribution in [-0.4, -0.2) is 45.3 Å². The summed E-state index contributed by atoms with van der Waals surface area (Å²) in [6.45, 7) is 3.94. The molecule has 136 valence electrons. The Morgan fingerprint density at radius 3 is 1.88 bits per heavy atom. The third-order valence-electron chi connectivity index (χ3n) is 2.88. The Morgan fingerprint density at radius 2 is 1.44 bits per heavy atom. The fraction of sp³-hybridized carbons (Fsp3) is 0.353. The molecule has 25 heavy (non-hydrogen) atoms. The topological polar surface area (TPSA) is 100 Å². The second-order valence-corrected chi connectivity index (χ2v) is 4.60. The van der Waals surface area contributed by atoms with Crippen LogP contribution >= 0.6 is 0 Å². The predicted octanol–water partition coefficient (Wildman–Crippen LogP) is 2.11. The SMILES string of the molecule is CCOC(=O)C=C(Nc1cc(C(=O)OC)cc(C(=O)OC)c1)OCC. The molecule has 0 aliphatic heterocycles. The number of rotatable bonds is 8. The number of anilines is 1. The maximum absolute atomic E-state index is 11.8. The molecule has 8 nitrogen and oxygen atoms in total. The zero-order valence-corrected chi connectivity index (χ0v) is 14.6. The van der Waals surface area contributed by atoms with E-state index in [9.17, 15) is 14.4 Å². The highest BCUT2D eigenvalue weighted by atomic mass is 16.5. The lowest BCUT2D eigenvalue weighted by molar-refractivity contribution is -0.137. The minimum atomic E-state index is -0.624. The largest absolute Gasteiger partial charge is 0.479 e. The van der Waals surface area contributed by atoms with Crippen molar-refractivity contribution in [3.05, 3.63) is 41.3 Å². The van der Waals surface area contributed by atoms with E-state index in [1.165, 1.54) is 32.4 Å². The van der Waals surface area contributed by atoms with Crippen molar-refractivity contribution in [3.63, 3.8) is 0 Å². The van der Waals surface area contributed by atoms with Crippen LogP contribution < -0.4 is 5.32 Å². The van der Waals surface area contributed by atoms with Gasteiger partial charge in [0.15, 0.2) is 5.88 Å². The van der Waals surface area contributed by atoms with Gasteiger partial charge < -0.3 is 24.3 Å². The molecule has 0 aliphatic rings. The molecule has 0 spiro atoms. The zero-order chi connectivity index (χ0) is 18.8. The van der Waals surface area contributed by atoms with Crippen LogP contribution in [0.3, 0.4) is 0 Å². The Morgan fingerprint density at radius 1 is 0.920 bits per heavy atom. The van der Waals surface area contributed by atoms with Crippen LogP contribution in [0.4, 0.5) is 5.69 Å². The van der Waals surface area contributed by atoms with Gasteiger partial charge in [-0.15, -0.1) is 0 Å². The summed E-state index contributed by atoms with van der Waals surface area (Å²) in [4.78, 5) is 35.2. The lowest BCUT2D eigenvalue weighted by Crippen LogP contribution is -2.12. The van der Waals surface area contributed by atoms with E-state index in [4.69, 9.17) is 9.47 Å². The Kier molecular flexibility index (Phi) is 7.98. The van der Waals surface area contributed by atoms with E-state index in [2.05, 4.69) is 14.8 Å². The first-order valence-corrected chi connectivity index (χ1v) is 7.55. The molecule has 0 saturated heterocycles. The van der Waals surface area contributed by atoms with Gasteiger partial charge in [-0.2, -0.15) is 0 Å². The van der Waals surface area contributed by atoms with E-state index in [0.29, 0.717) is 12.3 Å². The van der Waals surface area contributed by atoms with Gasteiger partial charge in [0.05, 0.1) is 44.6 Å². The summed E-state index contributed by atoms with van der Waals surface area (Å²) in [7, 11) is 2.46. The third kappa shape index (κ3) is 6.17. The molecule has 1 N–H and O–H groups in total. The van der Waals surface area contributed by atoms with Gasteiger partial charge in [-0.1, -0.05) is 0 Å². The van der Waals surface area contributed by atoms with Crippen molar-refractivity contribution in [3.8, 4) is 0 Å². The zero-order valence-electron chi connectivity index (χ0n) is 14.6. The molecule has 0 bridgehead atoms. The van der Waals surface area contributed by atoms with Crippen molar-refractivity contribution in [2.24, 2.45) is 0 Å². The molecule has 0 amide bonds. The highest BCUT2D eigenvalue weighted by molar-refractivity contribution is 5.97. The van der Waals surface area contributed by atoms with E-state index < -0.39 is 17.9 Å². The summed E-state index contributed by atoms with van der Waals surface area (Å²) >= 11 is 0. The Balaban J connectivity index is 3.21. The molecule has 1 aromatic carbocycles.